The normalized spacial score (nSPS) is 10.6. The molecule has 0 saturated carbocycles. The molecule has 0 fully saturated rings. The van der Waals surface area contributed by atoms with Crippen LogP contribution in [-0.4, -0.2) is 32.3 Å². The summed E-state index contributed by atoms with van der Waals surface area (Å²) < 4.78 is 55.8. The van der Waals surface area contributed by atoms with Gasteiger partial charge in [-0.2, -0.15) is 13.2 Å². The first kappa shape index (κ1) is 23.9. The second-order valence-electron chi connectivity index (χ2n) is 6.13. The van der Waals surface area contributed by atoms with Crippen molar-refractivity contribution in [2.75, 3.05) is 26.4 Å². The van der Waals surface area contributed by atoms with Crippen LogP contribution < -0.4 is 19.5 Å². The number of hydrogen-bond acceptors (Lipinski definition) is 4. The molecule has 166 valence electrons. The second-order valence-corrected chi connectivity index (χ2v) is 6.13. The molecule has 0 aliphatic heterocycles. The molecular formula is C23H24F3NO4. The van der Waals surface area contributed by atoms with Crippen molar-refractivity contribution in [3.8, 4) is 29.1 Å². The van der Waals surface area contributed by atoms with E-state index in [0.29, 0.717) is 37.1 Å². The molecule has 2 aromatic carbocycles. The molecule has 1 N–H and O–H groups in total. The number of ether oxygens (including phenoxy) is 3. The van der Waals surface area contributed by atoms with E-state index < -0.39 is 17.6 Å². The number of carbonyl (C=O) groups is 1. The standard InChI is InChI=1S/C23H24F3NO4/c1-4-29-19-14-17(15-20(30-5-2)21(19)31-6-3)22(28)27-13-9-11-16-10-7-8-12-18(16)23(24,25)26/h7-8,10,12,14-15H,4-6,13H2,1-3H3,(H,27,28). The highest BCUT2D eigenvalue weighted by molar-refractivity contribution is 5.95. The fourth-order valence-electron chi connectivity index (χ4n) is 2.73. The Labute approximate surface area is 179 Å². The number of nitrogens with one attached hydrogen (secondary N) is 1. The van der Waals surface area contributed by atoms with E-state index in [0.717, 1.165) is 6.07 Å². The van der Waals surface area contributed by atoms with Gasteiger partial charge in [-0.3, -0.25) is 4.79 Å². The van der Waals surface area contributed by atoms with Gasteiger partial charge in [0.2, 0.25) is 5.75 Å². The first-order valence-electron chi connectivity index (χ1n) is 9.81. The number of amides is 1. The van der Waals surface area contributed by atoms with Gasteiger partial charge in [0.25, 0.3) is 5.91 Å². The Bertz CT molecular complexity index is 934. The summed E-state index contributed by atoms with van der Waals surface area (Å²) in [5.74, 6) is 5.69. The van der Waals surface area contributed by atoms with E-state index in [1.54, 1.807) is 13.8 Å². The highest BCUT2D eigenvalue weighted by Gasteiger charge is 2.32. The molecule has 1 amide bonds. The van der Waals surface area contributed by atoms with Gasteiger partial charge in [0.05, 0.1) is 31.9 Å². The molecule has 0 atom stereocenters. The van der Waals surface area contributed by atoms with Crippen molar-refractivity contribution in [3.63, 3.8) is 0 Å². The van der Waals surface area contributed by atoms with Crippen molar-refractivity contribution in [1.82, 2.24) is 5.32 Å². The zero-order valence-corrected chi connectivity index (χ0v) is 17.6. The molecule has 0 aliphatic carbocycles. The van der Waals surface area contributed by atoms with Crippen molar-refractivity contribution < 1.29 is 32.2 Å². The van der Waals surface area contributed by atoms with Crippen LogP contribution in [0.4, 0.5) is 13.2 Å². The van der Waals surface area contributed by atoms with Gasteiger partial charge < -0.3 is 19.5 Å². The van der Waals surface area contributed by atoms with Crippen LogP contribution in [0.15, 0.2) is 36.4 Å². The highest BCUT2D eigenvalue weighted by atomic mass is 19.4. The van der Waals surface area contributed by atoms with Crippen LogP contribution in [0.3, 0.4) is 0 Å². The molecule has 0 spiro atoms. The van der Waals surface area contributed by atoms with Gasteiger partial charge in [-0.25, -0.2) is 0 Å². The molecule has 0 heterocycles. The molecule has 31 heavy (non-hydrogen) atoms. The third-order valence-electron chi connectivity index (χ3n) is 3.96. The summed E-state index contributed by atoms with van der Waals surface area (Å²) >= 11 is 0. The summed E-state index contributed by atoms with van der Waals surface area (Å²) in [5, 5.41) is 2.57. The Morgan fingerprint density at radius 1 is 0.968 bits per heavy atom. The summed E-state index contributed by atoms with van der Waals surface area (Å²) in [4.78, 5) is 12.6. The maximum atomic E-state index is 13.0. The van der Waals surface area contributed by atoms with Crippen molar-refractivity contribution >= 4 is 5.91 Å². The lowest BCUT2D eigenvalue weighted by molar-refractivity contribution is -0.137. The number of hydrogen-bond donors (Lipinski definition) is 1. The van der Waals surface area contributed by atoms with E-state index in [9.17, 15) is 18.0 Å². The topological polar surface area (TPSA) is 56.8 Å². The number of carbonyl (C=O) groups excluding carboxylic acids is 1. The van der Waals surface area contributed by atoms with E-state index in [-0.39, 0.29) is 17.7 Å². The summed E-state index contributed by atoms with van der Waals surface area (Å²) in [6.07, 6.45) is -4.50. The molecule has 8 heteroatoms. The molecule has 0 aliphatic rings. The molecule has 2 rings (SSSR count). The molecule has 0 saturated heterocycles. The molecular weight excluding hydrogens is 411 g/mol. The van der Waals surface area contributed by atoms with Gasteiger partial charge in [0.15, 0.2) is 11.5 Å². The molecule has 0 unspecified atom stereocenters. The van der Waals surface area contributed by atoms with Gasteiger partial charge >= 0.3 is 6.18 Å². The average molecular weight is 435 g/mol. The summed E-state index contributed by atoms with van der Waals surface area (Å²) in [5.41, 5.74) is -0.710. The van der Waals surface area contributed by atoms with E-state index in [2.05, 4.69) is 17.2 Å². The van der Waals surface area contributed by atoms with E-state index in [1.807, 2.05) is 6.92 Å². The van der Waals surface area contributed by atoms with E-state index in [1.165, 1.54) is 30.3 Å². The van der Waals surface area contributed by atoms with Crippen LogP contribution in [-0.2, 0) is 6.18 Å². The Balaban J connectivity index is 2.19. The van der Waals surface area contributed by atoms with Crippen molar-refractivity contribution in [1.29, 1.82) is 0 Å². The minimum atomic E-state index is -4.50. The Morgan fingerprint density at radius 2 is 1.55 bits per heavy atom. The first-order valence-corrected chi connectivity index (χ1v) is 9.81. The smallest absolute Gasteiger partial charge is 0.417 e. The van der Waals surface area contributed by atoms with Gasteiger partial charge in [0, 0.05) is 11.1 Å². The second kappa shape index (κ2) is 11.2. The van der Waals surface area contributed by atoms with Crippen LogP contribution in [0, 0.1) is 11.8 Å². The number of benzene rings is 2. The largest absolute Gasteiger partial charge is 0.490 e. The van der Waals surface area contributed by atoms with Crippen molar-refractivity contribution in [2.45, 2.75) is 26.9 Å². The first-order chi connectivity index (χ1) is 14.8. The third kappa shape index (κ3) is 6.57. The van der Waals surface area contributed by atoms with E-state index in [4.69, 9.17) is 14.2 Å². The lowest BCUT2D eigenvalue weighted by atomic mass is 10.1. The predicted molar refractivity (Wildman–Crippen MR) is 111 cm³/mol. The summed E-state index contributed by atoms with van der Waals surface area (Å²) in [6.45, 7) is 6.41. The minimum Gasteiger partial charge on any atom is -0.490 e. The maximum Gasteiger partial charge on any atom is 0.417 e. The number of alkyl halides is 3. The average Bonchev–Trinajstić information content (AvgIpc) is 2.73. The monoisotopic (exact) mass is 435 g/mol. The molecule has 5 nitrogen and oxygen atoms in total. The minimum absolute atomic E-state index is 0.133. The fraction of sp³-hybridized carbons (Fsp3) is 0.348. The number of rotatable bonds is 8. The lowest BCUT2D eigenvalue weighted by Crippen LogP contribution is -2.24. The van der Waals surface area contributed by atoms with Crippen LogP contribution in [0.2, 0.25) is 0 Å². The van der Waals surface area contributed by atoms with Crippen molar-refractivity contribution in [3.05, 3.63) is 53.1 Å². The van der Waals surface area contributed by atoms with Gasteiger partial charge in [0.1, 0.15) is 0 Å². The zero-order valence-electron chi connectivity index (χ0n) is 17.6. The predicted octanol–water partition coefficient (Wildman–Crippen LogP) is 4.68. The summed E-state index contributed by atoms with van der Waals surface area (Å²) in [6, 6.07) is 8.08. The lowest BCUT2D eigenvalue weighted by Gasteiger charge is -2.16. The van der Waals surface area contributed by atoms with Crippen LogP contribution in [0.25, 0.3) is 0 Å². The fourth-order valence-corrected chi connectivity index (χ4v) is 2.73. The van der Waals surface area contributed by atoms with Crippen molar-refractivity contribution in [2.24, 2.45) is 0 Å². The van der Waals surface area contributed by atoms with Gasteiger partial charge in [-0.15, -0.1) is 0 Å². The molecule has 0 aromatic heterocycles. The zero-order chi connectivity index (χ0) is 22.9. The molecule has 0 radical (unpaired) electrons. The van der Waals surface area contributed by atoms with Gasteiger partial charge in [-0.1, -0.05) is 24.0 Å². The number of halogens is 3. The Morgan fingerprint density at radius 3 is 2.10 bits per heavy atom. The van der Waals surface area contributed by atoms with E-state index >= 15 is 0 Å². The summed E-state index contributed by atoms with van der Waals surface area (Å²) in [7, 11) is 0. The molecule has 0 bridgehead atoms. The Hall–Kier alpha value is -3.34. The van der Waals surface area contributed by atoms with Crippen LogP contribution in [0.1, 0.15) is 42.3 Å². The third-order valence-corrected chi connectivity index (χ3v) is 3.96. The maximum absolute atomic E-state index is 13.0. The van der Waals surface area contributed by atoms with Crippen LogP contribution in [0.5, 0.6) is 17.2 Å². The Kier molecular flexibility index (Phi) is 8.62. The van der Waals surface area contributed by atoms with Crippen LogP contribution >= 0.6 is 0 Å². The quantitative estimate of drug-likeness (QED) is 0.612. The highest BCUT2D eigenvalue weighted by Crippen LogP contribution is 2.39. The SMILES string of the molecule is CCOc1cc(C(=O)NCC#Cc2ccccc2C(F)(F)F)cc(OCC)c1OCC. The molecule has 2 aromatic rings. The van der Waals surface area contributed by atoms with Gasteiger partial charge in [-0.05, 0) is 45.0 Å².